The number of carbonyl (C=O) groups excluding carboxylic acids is 1. The van der Waals surface area contributed by atoms with Crippen LogP contribution in [0.3, 0.4) is 0 Å². The summed E-state index contributed by atoms with van der Waals surface area (Å²) in [6, 6.07) is 5.90. The maximum atomic E-state index is 12.7. The third-order valence-corrected chi connectivity index (χ3v) is 6.40. The molecule has 3 aliphatic rings. The summed E-state index contributed by atoms with van der Waals surface area (Å²) >= 11 is 0. The highest BCUT2D eigenvalue weighted by atomic mass is 16.5. The van der Waals surface area contributed by atoms with Gasteiger partial charge in [-0.3, -0.25) is 4.79 Å². The summed E-state index contributed by atoms with van der Waals surface area (Å²) in [6.45, 7) is 4.00. The maximum Gasteiger partial charge on any atom is 0.222 e. The molecule has 0 spiro atoms. The normalized spacial score (nSPS) is 26.8. The zero-order chi connectivity index (χ0) is 17.2. The molecule has 1 amide bonds. The second kappa shape index (κ2) is 7.22. The van der Waals surface area contributed by atoms with Gasteiger partial charge in [0, 0.05) is 38.7 Å². The molecule has 0 radical (unpaired) electrons. The minimum absolute atomic E-state index is 0.396. The van der Waals surface area contributed by atoms with Gasteiger partial charge in [-0.1, -0.05) is 12.5 Å². The third-order valence-electron chi connectivity index (χ3n) is 6.40. The minimum Gasteiger partial charge on any atom is -0.481 e. The van der Waals surface area contributed by atoms with Gasteiger partial charge in [-0.2, -0.15) is 4.98 Å². The Kier molecular flexibility index (Phi) is 4.82. The predicted molar refractivity (Wildman–Crippen MR) is 97.8 cm³/mol. The lowest BCUT2D eigenvalue weighted by Gasteiger charge is -2.33. The van der Waals surface area contributed by atoms with Crippen molar-refractivity contribution in [3.05, 3.63) is 18.2 Å². The number of aromatic nitrogens is 1. The van der Waals surface area contributed by atoms with Crippen LogP contribution in [0.25, 0.3) is 0 Å². The Morgan fingerprint density at radius 2 is 1.88 bits per heavy atom. The monoisotopic (exact) mass is 343 g/mol. The van der Waals surface area contributed by atoms with Crippen molar-refractivity contribution < 1.29 is 9.53 Å². The van der Waals surface area contributed by atoms with E-state index >= 15 is 0 Å². The zero-order valence-electron chi connectivity index (χ0n) is 15.2. The summed E-state index contributed by atoms with van der Waals surface area (Å²) in [4.78, 5) is 21.7. The summed E-state index contributed by atoms with van der Waals surface area (Å²) in [5.41, 5.74) is 0. The van der Waals surface area contributed by atoms with E-state index in [-0.39, 0.29) is 0 Å². The number of likely N-dealkylation sites (tertiary alicyclic amines) is 1. The van der Waals surface area contributed by atoms with Crippen molar-refractivity contribution in [1.82, 2.24) is 9.88 Å². The van der Waals surface area contributed by atoms with Gasteiger partial charge in [0.2, 0.25) is 11.8 Å². The van der Waals surface area contributed by atoms with E-state index in [2.05, 4.69) is 14.8 Å². The van der Waals surface area contributed by atoms with Crippen LogP contribution >= 0.6 is 0 Å². The Bertz CT molecular complexity index is 601. The summed E-state index contributed by atoms with van der Waals surface area (Å²) in [6.07, 6.45) is 6.92. The van der Waals surface area contributed by atoms with Crippen LogP contribution < -0.4 is 9.64 Å². The number of ether oxygens (including phenoxy) is 1. The van der Waals surface area contributed by atoms with E-state index in [0.29, 0.717) is 17.7 Å². The molecule has 3 fully saturated rings. The van der Waals surface area contributed by atoms with Crippen LogP contribution in [0.15, 0.2) is 18.2 Å². The minimum atomic E-state index is 0.396. The lowest BCUT2D eigenvalue weighted by Crippen LogP contribution is -2.37. The Balaban J connectivity index is 1.26. The van der Waals surface area contributed by atoms with Crippen LogP contribution in [-0.2, 0) is 4.79 Å². The van der Waals surface area contributed by atoms with Crippen molar-refractivity contribution in [3.63, 3.8) is 0 Å². The lowest BCUT2D eigenvalue weighted by molar-refractivity contribution is -0.131. The first-order chi connectivity index (χ1) is 12.2. The van der Waals surface area contributed by atoms with E-state index in [1.807, 2.05) is 18.2 Å². The van der Waals surface area contributed by atoms with Crippen molar-refractivity contribution >= 4 is 11.7 Å². The van der Waals surface area contributed by atoms with Crippen molar-refractivity contribution in [1.29, 1.82) is 0 Å². The first-order valence-corrected chi connectivity index (χ1v) is 9.76. The lowest BCUT2D eigenvalue weighted by atomic mass is 9.93. The Morgan fingerprint density at radius 1 is 1.16 bits per heavy atom. The number of hydrogen-bond acceptors (Lipinski definition) is 4. The van der Waals surface area contributed by atoms with Crippen LogP contribution in [0.5, 0.6) is 5.88 Å². The number of nitrogens with zero attached hydrogens (tertiary/aromatic N) is 3. The molecule has 0 bridgehead atoms. The van der Waals surface area contributed by atoms with Crippen molar-refractivity contribution in [2.45, 2.75) is 38.5 Å². The van der Waals surface area contributed by atoms with Gasteiger partial charge in [-0.25, -0.2) is 0 Å². The van der Waals surface area contributed by atoms with Gasteiger partial charge in [-0.15, -0.1) is 0 Å². The number of anilines is 1. The van der Waals surface area contributed by atoms with Crippen LogP contribution in [0.2, 0.25) is 0 Å². The van der Waals surface area contributed by atoms with Crippen LogP contribution in [-0.4, -0.2) is 49.1 Å². The van der Waals surface area contributed by atoms with Gasteiger partial charge >= 0.3 is 0 Å². The van der Waals surface area contributed by atoms with Crippen LogP contribution in [0.1, 0.15) is 38.5 Å². The predicted octanol–water partition coefficient (Wildman–Crippen LogP) is 2.96. The van der Waals surface area contributed by atoms with E-state index in [4.69, 9.17) is 4.74 Å². The number of methoxy groups -OCH3 is 1. The van der Waals surface area contributed by atoms with Crippen molar-refractivity contribution in [2.75, 3.05) is 38.2 Å². The SMILES string of the molecule is COc1cccc(N2CCC(CC(=O)N3CC4CCCC4C3)CC2)n1. The smallest absolute Gasteiger partial charge is 0.222 e. The van der Waals surface area contributed by atoms with Gasteiger partial charge < -0.3 is 14.5 Å². The number of carbonyl (C=O) groups is 1. The molecule has 3 heterocycles. The number of amides is 1. The molecule has 5 heteroatoms. The number of pyridine rings is 1. The molecule has 2 aliphatic heterocycles. The second-order valence-corrected chi connectivity index (χ2v) is 7.92. The number of fused-ring (bicyclic) bond motifs is 1. The summed E-state index contributed by atoms with van der Waals surface area (Å²) < 4.78 is 5.22. The van der Waals surface area contributed by atoms with E-state index < -0.39 is 0 Å². The largest absolute Gasteiger partial charge is 0.481 e. The molecule has 2 unspecified atom stereocenters. The molecule has 1 aliphatic carbocycles. The summed E-state index contributed by atoms with van der Waals surface area (Å²) in [5, 5.41) is 0. The number of hydrogen-bond donors (Lipinski definition) is 0. The second-order valence-electron chi connectivity index (χ2n) is 7.92. The molecule has 1 saturated carbocycles. The molecular formula is C20H29N3O2. The standard InChI is InChI=1S/C20H29N3O2/c1-25-19-7-3-6-18(21-19)22-10-8-15(9-11-22)12-20(24)23-13-16-4-2-5-17(16)14-23/h3,6-7,15-17H,2,4-5,8-14H2,1H3. The van der Waals surface area contributed by atoms with Gasteiger partial charge in [0.15, 0.2) is 0 Å². The van der Waals surface area contributed by atoms with Crippen molar-refractivity contribution in [3.8, 4) is 5.88 Å². The van der Waals surface area contributed by atoms with E-state index in [0.717, 1.165) is 63.1 Å². The van der Waals surface area contributed by atoms with E-state index in [1.54, 1.807) is 7.11 Å². The Labute approximate surface area is 150 Å². The topological polar surface area (TPSA) is 45.7 Å². The maximum absolute atomic E-state index is 12.7. The summed E-state index contributed by atoms with van der Waals surface area (Å²) in [7, 11) is 1.65. The molecule has 1 aromatic heterocycles. The molecule has 5 nitrogen and oxygen atoms in total. The Hall–Kier alpha value is -1.78. The highest BCUT2D eigenvalue weighted by Crippen LogP contribution is 2.38. The molecule has 25 heavy (non-hydrogen) atoms. The van der Waals surface area contributed by atoms with Crippen molar-refractivity contribution in [2.24, 2.45) is 17.8 Å². The molecule has 2 atom stereocenters. The fourth-order valence-corrected chi connectivity index (χ4v) is 4.87. The van der Waals surface area contributed by atoms with Gasteiger partial charge in [0.05, 0.1) is 7.11 Å². The zero-order valence-corrected chi connectivity index (χ0v) is 15.2. The fraction of sp³-hybridized carbons (Fsp3) is 0.700. The average Bonchev–Trinajstić information content (AvgIpc) is 3.24. The summed E-state index contributed by atoms with van der Waals surface area (Å²) in [5.74, 6) is 4.16. The number of piperidine rings is 1. The van der Waals surface area contributed by atoms with E-state index in [9.17, 15) is 4.79 Å². The van der Waals surface area contributed by atoms with Gasteiger partial charge in [0.25, 0.3) is 0 Å². The third kappa shape index (κ3) is 3.60. The quantitative estimate of drug-likeness (QED) is 0.843. The fourth-order valence-electron chi connectivity index (χ4n) is 4.87. The molecule has 136 valence electrons. The molecule has 0 aromatic carbocycles. The van der Waals surface area contributed by atoms with Gasteiger partial charge in [0.1, 0.15) is 5.82 Å². The van der Waals surface area contributed by atoms with E-state index in [1.165, 1.54) is 19.3 Å². The van der Waals surface area contributed by atoms with Crippen LogP contribution in [0, 0.1) is 17.8 Å². The first kappa shape index (κ1) is 16.7. The Morgan fingerprint density at radius 3 is 2.56 bits per heavy atom. The molecule has 2 saturated heterocycles. The first-order valence-electron chi connectivity index (χ1n) is 9.76. The molecule has 0 N–H and O–H groups in total. The van der Waals surface area contributed by atoms with Gasteiger partial charge in [-0.05, 0) is 49.5 Å². The molecular weight excluding hydrogens is 314 g/mol. The van der Waals surface area contributed by atoms with Crippen LogP contribution in [0.4, 0.5) is 5.82 Å². The average molecular weight is 343 g/mol. The molecule has 4 rings (SSSR count). The number of rotatable bonds is 4. The highest BCUT2D eigenvalue weighted by Gasteiger charge is 2.38. The highest BCUT2D eigenvalue weighted by molar-refractivity contribution is 5.76. The molecule has 1 aromatic rings.